The largest absolute Gasteiger partial charge is 0.472 e. The molecule has 0 amide bonds. The van der Waals surface area contributed by atoms with Crippen LogP contribution in [-0.2, 0) is 27.9 Å². The van der Waals surface area contributed by atoms with Crippen molar-refractivity contribution in [2.45, 2.75) is 232 Å². The van der Waals surface area contributed by atoms with Gasteiger partial charge in [-0.2, -0.15) is 0 Å². The molecule has 0 aliphatic rings. The number of rotatable bonds is 47. The zero-order chi connectivity index (χ0) is 43.9. The normalized spacial score (nSPS) is 14.3. The summed E-state index contributed by atoms with van der Waals surface area (Å²) in [5, 5.41) is 18.4. The Labute approximate surface area is 368 Å². The Morgan fingerprint density at radius 3 is 1.37 bits per heavy atom. The van der Waals surface area contributed by atoms with Gasteiger partial charge < -0.3 is 24.6 Å². The van der Waals surface area contributed by atoms with Crippen LogP contribution in [0.3, 0.4) is 0 Å². The molecule has 0 saturated heterocycles. The number of phosphoric acid groups is 1. The number of ether oxygens (including phenoxy) is 2. The minimum absolute atomic E-state index is 0.0425. The first-order valence-corrected chi connectivity index (χ1v) is 26.1. The fraction of sp³-hybridized carbons (Fsp3) is 0.820. The second-order valence-corrected chi connectivity index (χ2v) is 17.9. The van der Waals surface area contributed by atoms with E-state index < -0.39 is 39.2 Å². The Morgan fingerprint density at radius 2 is 0.900 bits per heavy atom. The molecule has 352 valence electrons. The summed E-state index contributed by atoms with van der Waals surface area (Å²) in [6, 6.07) is 0. The summed E-state index contributed by atoms with van der Waals surface area (Å²) in [5.41, 5.74) is 0. The molecule has 9 nitrogen and oxygen atoms in total. The molecule has 0 aliphatic heterocycles. The molecule has 10 heteroatoms. The monoisotopic (exact) mass is 869 g/mol. The summed E-state index contributed by atoms with van der Waals surface area (Å²) in [5.74, 6) is -0.396. The third-order valence-electron chi connectivity index (χ3n) is 10.5. The number of carbonyl (C=O) groups excluding carboxylic acids is 1. The average Bonchev–Trinajstić information content (AvgIpc) is 3.24. The highest BCUT2D eigenvalue weighted by molar-refractivity contribution is 7.47. The quantitative estimate of drug-likeness (QED) is 0.0237. The SMILES string of the molecule is CCCCC/C=C\C/C=C\CCCCCCCC(=O)OC(COCCCCCCCCCCCCCC/C=C\C/C=C\CCCCCCC)COP(=O)(O)OCC(O)CO. The Kier molecular flexibility index (Phi) is 45.7. The summed E-state index contributed by atoms with van der Waals surface area (Å²) >= 11 is 0. The number of phosphoric ester groups is 1. The van der Waals surface area contributed by atoms with Gasteiger partial charge in [0.05, 0.1) is 26.4 Å². The van der Waals surface area contributed by atoms with E-state index in [-0.39, 0.29) is 19.6 Å². The van der Waals surface area contributed by atoms with Gasteiger partial charge in [0.1, 0.15) is 12.2 Å². The molecule has 0 aliphatic carbocycles. The van der Waals surface area contributed by atoms with Crippen molar-refractivity contribution in [3.05, 3.63) is 48.6 Å². The van der Waals surface area contributed by atoms with E-state index in [0.717, 1.165) is 64.2 Å². The number of hydrogen-bond acceptors (Lipinski definition) is 8. The highest BCUT2D eigenvalue weighted by atomic mass is 31.2. The van der Waals surface area contributed by atoms with Gasteiger partial charge in [-0.1, -0.05) is 184 Å². The average molecular weight is 869 g/mol. The number of allylic oxidation sites excluding steroid dienone is 8. The van der Waals surface area contributed by atoms with Crippen molar-refractivity contribution in [1.29, 1.82) is 0 Å². The molecule has 0 rings (SSSR count). The maximum Gasteiger partial charge on any atom is 0.472 e. The number of hydrogen-bond donors (Lipinski definition) is 3. The van der Waals surface area contributed by atoms with Crippen molar-refractivity contribution in [3.63, 3.8) is 0 Å². The number of aliphatic hydroxyl groups excluding tert-OH is 2. The molecule has 0 radical (unpaired) electrons. The number of carbonyl (C=O) groups is 1. The van der Waals surface area contributed by atoms with Crippen LogP contribution >= 0.6 is 7.82 Å². The molecular formula is C50H93O9P. The molecule has 0 bridgehead atoms. The van der Waals surface area contributed by atoms with E-state index in [9.17, 15) is 19.4 Å². The van der Waals surface area contributed by atoms with Gasteiger partial charge in [-0.3, -0.25) is 13.8 Å². The van der Waals surface area contributed by atoms with E-state index in [1.54, 1.807) is 0 Å². The second kappa shape index (κ2) is 46.9. The zero-order valence-corrected chi connectivity index (χ0v) is 39.6. The van der Waals surface area contributed by atoms with Crippen LogP contribution < -0.4 is 0 Å². The van der Waals surface area contributed by atoms with Gasteiger partial charge in [0.2, 0.25) is 0 Å². The van der Waals surface area contributed by atoms with Crippen LogP contribution in [0.2, 0.25) is 0 Å². The number of esters is 1. The third-order valence-corrected chi connectivity index (χ3v) is 11.4. The fourth-order valence-electron chi connectivity index (χ4n) is 6.71. The van der Waals surface area contributed by atoms with Gasteiger partial charge in [-0.25, -0.2) is 4.57 Å². The van der Waals surface area contributed by atoms with E-state index in [1.165, 1.54) is 128 Å². The maximum absolute atomic E-state index is 12.6. The number of unbranched alkanes of at least 4 members (excludes halogenated alkanes) is 25. The van der Waals surface area contributed by atoms with Gasteiger partial charge in [0, 0.05) is 13.0 Å². The van der Waals surface area contributed by atoms with Crippen molar-refractivity contribution < 1.29 is 43.0 Å². The van der Waals surface area contributed by atoms with Crippen LogP contribution in [0.1, 0.15) is 219 Å². The number of aliphatic hydroxyl groups is 2. The lowest BCUT2D eigenvalue weighted by atomic mass is 10.0. The molecular weight excluding hydrogens is 776 g/mol. The van der Waals surface area contributed by atoms with Gasteiger partial charge in [-0.05, 0) is 77.0 Å². The molecule has 3 atom stereocenters. The lowest BCUT2D eigenvalue weighted by Gasteiger charge is -2.20. The summed E-state index contributed by atoms with van der Waals surface area (Å²) < 4.78 is 33.5. The molecule has 0 aromatic rings. The summed E-state index contributed by atoms with van der Waals surface area (Å²) in [6.45, 7) is 3.48. The molecule has 0 heterocycles. The van der Waals surface area contributed by atoms with Crippen molar-refractivity contribution in [2.24, 2.45) is 0 Å². The maximum atomic E-state index is 12.6. The van der Waals surface area contributed by atoms with E-state index in [0.29, 0.717) is 13.0 Å². The van der Waals surface area contributed by atoms with Gasteiger partial charge in [-0.15, -0.1) is 0 Å². The molecule has 60 heavy (non-hydrogen) atoms. The Hall–Kier alpha value is -1.58. The lowest BCUT2D eigenvalue weighted by Crippen LogP contribution is -2.29. The first-order chi connectivity index (χ1) is 29.3. The fourth-order valence-corrected chi connectivity index (χ4v) is 7.50. The smallest absolute Gasteiger partial charge is 0.457 e. The summed E-state index contributed by atoms with van der Waals surface area (Å²) in [7, 11) is -4.53. The minimum atomic E-state index is -4.53. The lowest BCUT2D eigenvalue weighted by molar-refractivity contribution is -0.154. The van der Waals surface area contributed by atoms with Crippen molar-refractivity contribution >= 4 is 13.8 Å². The molecule has 0 aromatic carbocycles. The van der Waals surface area contributed by atoms with Gasteiger partial charge >= 0.3 is 13.8 Å². The molecule has 3 N–H and O–H groups in total. The molecule has 0 aromatic heterocycles. The van der Waals surface area contributed by atoms with E-state index in [1.807, 2.05) is 0 Å². The van der Waals surface area contributed by atoms with Crippen molar-refractivity contribution in [1.82, 2.24) is 0 Å². The topological polar surface area (TPSA) is 132 Å². The second-order valence-electron chi connectivity index (χ2n) is 16.5. The summed E-state index contributed by atoms with van der Waals surface area (Å²) in [4.78, 5) is 22.6. The van der Waals surface area contributed by atoms with E-state index >= 15 is 0 Å². The molecule has 3 unspecified atom stereocenters. The minimum Gasteiger partial charge on any atom is -0.457 e. The van der Waals surface area contributed by atoms with E-state index in [2.05, 4.69) is 62.5 Å². The Balaban J connectivity index is 4.07. The van der Waals surface area contributed by atoms with Crippen molar-refractivity contribution in [3.8, 4) is 0 Å². The van der Waals surface area contributed by atoms with Crippen LogP contribution in [0.25, 0.3) is 0 Å². The molecule has 0 fully saturated rings. The van der Waals surface area contributed by atoms with Gasteiger partial charge in [0.15, 0.2) is 0 Å². The van der Waals surface area contributed by atoms with E-state index in [4.69, 9.17) is 23.6 Å². The van der Waals surface area contributed by atoms with Crippen LogP contribution in [0, 0.1) is 0 Å². The first-order valence-electron chi connectivity index (χ1n) is 24.6. The molecule has 0 saturated carbocycles. The zero-order valence-electron chi connectivity index (χ0n) is 38.7. The highest BCUT2D eigenvalue weighted by Gasteiger charge is 2.26. The van der Waals surface area contributed by atoms with Gasteiger partial charge in [0.25, 0.3) is 0 Å². The Bertz CT molecular complexity index is 1080. The van der Waals surface area contributed by atoms with Crippen LogP contribution in [-0.4, -0.2) is 66.3 Å². The summed E-state index contributed by atoms with van der Waals surface area (Å²) in [6.07, 6.45) is 53.6. The predicted molar refractivity (Wildman–Crippen MR) is 251 cm³/mol. The molecule has 0 spiro atoms. The van der Waals surface area contributed by atoms with Crippen LogP contribution in [0.15, 0.2) is 48.6 Å². The predicted octanol–water partition coefficient (Wildman–Crippen LogP) is 14.1. The standard InChI is InChI=1S/C50H93O9P/c1-3-5-7-9-11-13-15-17-19-20-21-22-23-24-25-26-27-29-31-33-35-37-39-41-43-56-46-49(47-58-60(54,55)57-45-48(52)44-51)59-50(53)42-40-38-36-34-32-30-28-18-16-14-12-10-8-6-4-2/h12,14-15,17-18,20-21,28,48-49,51-52H,3-11,13,16,19,22-27,29-47H2,1-2H3,(H,54,55)/b14-12-,17-15-,21-20-,28-18-. The van der Waals surface area contributed by atoms with Crippen molar-refractivity contribution in [2.75, 3.05) is 33.0 Å². The van der Waals surface area contributed by atoms with Crippen LogP contribution in [0.5, 0.6) is 0 Å². The first kappa shape index (κ1) is 58.4. The highest BCUT2D eigenvalue weighted by Crippen LogP contribution is 2.43. The Morgan fingerprint density at radius 1 is 0.517 bits per heavy atom. The van der Waals surface area contributed by atoms with Crippen LogP contribution in [0.4, 0.5) is 0 Å². The third kappa shape index (κ3) is 45.9.